The van der Waals surface area contributed by atoms with E-state index in [1.54, 1.807) is 0 Å². The van der Waals surface area contributed by atoms with Crippen LogP contribution in [0.4, 0.5) is 0 Å². The van der Waals surface area contributed by atoms with E-state index in [4.69, 9.17) is 14.6 Å². The summed E-state index contributed by atoms with van der Waals surface area (Å²) in [5.41, 5.74) is 0. The Balaban J connectivity index is 1.84. The van der Waals surface area contributed by atoms with Gasteiger partial charge in [-0.05, 0) is 25.2 Å². The van der Waals surface area contributed by atoms with Gasteiger partial charge in [-0.25, -0.2) is 0 Å². The van der Waals surface area contributed by atoms with Crippen LogP contribution in [0.25, 0.3) is 0 Å². The van der Waals surface area contributed by atoms with Gasteiger partial charge >= 0.3 is 0 Å². The van der Waals surface area contributed by atoms with Crippen molar-refractivity contribution in [3.63, 3.8) is 0 Å². The Kier molecular flexibility index (Phi) is 7.77. The fourth-order valence-electron chi connectivity index (χ4n) is 1.58. The van der Waals surface area contributed by atoms with Crippen molar-refractivity contribution in [2.75, 3.05) is 33.0 Å². The van der Waals surface area contributed by atoms with E-state index in [0.29, 0.717) is 31.8 Å². The highest BCUT2D eigenvalue weighted by Crippen LogP contribution is 2.19. The van der Waals surface area contributed by atoms with Gasteiger partial charge in [0.1, 0.15) is 0 Å². The van der Waals surface area contributed by atoms with Gasteiger partial charge in [-0.2, -0.15) is 0 Å². The molecule has 0 saturated heterocycles. The summed E-state index contributed by atoms with van der Waals surface area (Å²) < 4.78 is 10.9. The number of aliphatic hydroxyl groups excluding tert-OH is 1. The standard InChI is InChI=1S/C13H27NO3/c1-11(2)10-17-8-7-16-6-5-13(9-15)14-12-3-4-12/h11-15H,3-10H2,1-2H3. The van der Waals surface area contributed by atoms with Crippen molar-refractivity contribution in [3.8, 4) is 0 Å². The number of rotatable bonds is 11. The van der Waals surface area contributed by atoms with Crippen LogP contribution in [0, 0.1) is 5.92 Å². The van der Waals surface area contributed by atoms with E-state index >= 15 is 0 Å². The number of nitrogens with one attached hydrogen (secondary N) is 1. The van der Waals surface area contributed by atoms with Gasteiger partial charge in [0.2, 0.25) is 0 Å². The fraction of sp³-hybridized carbons (Fsp3) is 1.00. The second-order valence-corrected chi connectivity index (χ2v) is 5.19. The molecule has 0 aromatic rings. The predicted octanol–water partition coefficient (Wildman–Crippen LogP) is 1.18. The van der Waals surface area contributed by atoms with Crippen LogP contribution in [0.2, 0.25) is 0 Å². The van der Waals surface area contributed by atoms with E-state index in [-0.39, 0.29) is 12.6 Å². The lowest BCUT2D eigenvalue weighted by molar-refractivity contribution is 0.0332. The van der Waals surface area contributed by atoms with E-state index in [0.717, 1.165) is 13.0 Å². The summed E-state index contributed by atoms with van der Waals surface area (Å²) in [6.45, 7) is 7.27. The van der Waals surface area contributed by atoms with Crippen LogP contribution in [0.3, 0.4) is 0 Å². The van der Waals surface area contributed by atoms with Crippen LogP contribution in [-0.2, 0) is 9.47 Å². The number of hydrogen-bond acceptors (Lipinski definition) is 4. The molecule has 0 radical (unpaired) electrons. The van der Waals surface area contributed by atoms with Gasteiger partial charge < -0.3 is 19.9 Å². The van der Waals surface area contributed by atoms with Gasteiger partial charge in [0.25, 0.3) is 0 Å². The topological polar surface area (TPSA) is 50.7 Å². The minimum Gasteiger partial charge on any atom is -0.395 e. The van der Waals surface area contributed by atoms with E-state index in [2.05, 4.69) is 19.2 Å². The van der Waals surface area contributed by atoms with E-state index in [1.165, 1.54) is 12.8 Å². The lowest BCUT2D eigenvalue weighted by Gasteiger charge is -2.15. The highest BCUT2D eigenvalue weighted by Gasteiger charge is 2.23. The van der Waals surface area contributed by atoms with Crippen molar-refractivity contribution in [2.45, 2.75) is 45.2 Å². The Morgan fingerprint density at radius 2 is 1.88 bits per heavy atom. The Hall–Kier alpha value is -0.160. The van der Waals surface area contributed by atoms with Crippen LogP contribution >= 0.6 is 0 Å². The van der Waals surface area contributed by atoms with Crippen LogP contribution in [0.15, 0.2) is 0 Å². The number of aliphatic hydroxyl groups is 1. The van der Waals surface area contributed by atoms with E-state index in [9.17, 15) is 0 Å². The van der Waals surface area contributed by atoms with Crippen LogP contribution < -0.4 is 5.32 Å². The van der Waals surface area contributed by atoms with Crippen LogP contribution in [0.5, 0.6) is 0 Å². The van der Waals surface area contributed by atoms with Gasteiger partial charge in [-0.15, -0.1) is 0 Å². The molecule has 0 spiro atoms. The molecule has 0 bridgehead atoms. The molecule has 1 unspecified atom stereocenters. The predicted molar refractivity (Wildman–Crippen MR) is 68.1 cm³/mol. The number of ether oxygens (including phenoxy) is 2. The van der Waals surface area contributed by atoms with E-state index in [1.807, 2.05) is 0 Å². The summed E-state index contributed by atoms with van der Waals surface area (Å²) >= 11 is 0. The third kappa shape index (κ3) is 8.55. The molecule has 1 atom stereocenters. The molecule has 4 nitrogen and oxygen atoms in total. The van der Waals surface area contributed by atoms with Crippen molar-refractivity contribution < 1.29 is 14.6 Å². The summed E-state index contributed by atoms with van der Waals surface area (Å²) in [4.78, 5) is 0. The largest absolute Gasteiger partial charge is 0.395 e. The molecule has 1 fully saturated rings. The van der Waals surface area contributed by atoms with Gasteiger partial charge in [0.05, 0.1) is 19.8 Å². The Bertz CT molecular complexity index is 184. The molecule has 1 aliphatic carbocycles. The monoisotopic (exact) mass is 245 g/mol. The SMILES string of the molecule is CC(C)COCCOCCC(CO)NC1CC1. The molecule has 0 heterocycles. The third-order valence-corrected chi connectivity index (χ3v) is 2.70. The van der Waals surface area contributed by atoms with Gasteiger partial charge in [0, 0.05) is 25.3 Å². The molecule has 4 heteroatoms. The highest BCUT2D eigenvalue weighted by molar-refractivity contribution is 4.84. The molecule has 1 rings (SSSR count). The zero-order chi connectivity index (χ0) is 12.5. The number of hydrogen-bond donors (Lipinski definition) is 2. The molecule has 0 aliphatic heterocycles. The minimum absolute atomic E-state index is 0.194. The lowest BCUT2D eigenvalue weighted by Crippen LogP contribution is -2.35. The molecule has 2 N–H and O–H groups in total. The van der Waals surface area contributed by atoms with E-state index < -0.39 is 0 Å². The van der Waals surface area contributed by atoms with Gasteiger partial charge in [0.15, 0.2) is 0 Å². The molecule has 1 aliphatic rings. The van der Waals surface area contributed by atoms with Crippen LogP contribution in [0.1, 0.15) is 33.1 Å². The zero-order valence-electron chi connectivity index (χ0n) is 11.2. The zero-order valence-corrected chi connectivity index (χ0v) is 11.2. The minimum atomic E-state index is 0.194. The molecule has 17 heavy (non-hydrogen) atoms. The second kappa shape index (κ2) is 8.86. The summed E-state index contributed by atoms with van der Waals surface area (Å²) in [6.07, 6.45) is 3.37. The maximum Gasteiger partial charge on any atom is 0.0700 e. The fourth-order valence-corrected chi connectivity index (χ4v) is 1.58. The normalized spacial score (nSPS) is 17.6. The smallest absolute Gasteiger partial charge is 0.0700 e. The molecular weight excluding hydrogens is 218 g/mol. The Morgan fingerprint density at radius 1 is 1.18 bits per heavy atom. The molecule has 102 valence electrons. The summed E-state index contributed by atoms with van der Waals surface area (Å²) in [7, 11) is 0. The molecule has 0 amide bonds. The molecule has 1 saturated carbocycles. The summed E-state index contributed by atoms with van der Waals surface area (Å²) in [6, 6.07) is 0.834. The maximum atomic E-state index is 9.16. The van der Waals surface area contributed by atoms with Crippen molar-refractivity contribution in [1.82, 2.24) is 5.32 Å². The molecule has 0 aromatic heterocycles. The van der Waals surface area contributed by atoms with Crippen LogP contribution in [-0.4, -0.2) is 50.2 Å². The quantitative estimate of drug-likeness (QED) is 0.537. The Labute approximate surface area is 105 Å². The van der Waals surface area contributed by atoms with Crippen molar-refractivity contribution in [2.24, 2.45) is 5.92 Å². The van der Waals surface area contributed by atoms with Gasteiger partial charge in [-0.1, -0.05) is 13.8 Å². The highest BCUT2D eigenvalue weighted by atomic mass is 16.5. The second-order valence-electron chi connectivity index (χ2n) is 5.19. The van der Waals surface area contributed by atoms with Crippen molar-refractivity contribution in [1.29, 1.82) is 0 Å². The maximum absolute atomic E-state index is 9.16. The Morgan fingerprint density at radius 3 is 2.47 bits per heavy atom. The molecule has 0 aromatic carbocycles. The first-order chi connectivity index (χ1) is 8.22. The third-order valence-electron chi connectivity index (χ3n) is 2.70. The average Bonchev–Trinajstić information content (AvgIpc) is 3.09. The first kappa shape index (κ1) is 14.9. The first-order valence-electron chi connectivity index (χ1n) is 6.74. The summed E-state index contributed by atoms with van der Waals surface area (Å²) in [5.74, 6) is 0.580. The van der Waals surface area contributed by atoms with Crippen molar-refractivity contribution in [3.05, 3.63) is 0 Å². The average molecular weight is 245 g/mol. The first-order valence-corrected chi connectivity index (χ1v) is 6.74. The van der Waals surface area contributed by atoms with Gasteiger partial charge in [-0.3, -0.25) is 0 Å². The van der Waals surface area contributed by atoms with Crippen molar-refractivity contribution >= 4 is 0 Å². The molecular formula is C13H27NO3. The lowest BCUT2D eigenvalue weighted by atomic mass is 10.2. The summed E-state index contributed by atoms with van der Waals surface area (Å²) in [5, 5.41) is 12.6.